The lowest BCUT2D eigenvalue weighted by molar-refractivity contribution is -0.0470. The van der Waals surface area contributed by atoms with E-state index >= 15 is 0 Å². The molecule has 2 rings (SSSR count). The minimum Gasteiger partial charge on any atom is -0.394 e. The number of hydrogen-bond donors (Lipinski definition) is 3. The zero-order chi connectivity index (χ0) is 12.6. The number of halogens is 1. The molecule has 0 spiro atoms. The maximum atomic E-state index is 11.8. The van der Waals surface area contributed by atoms with Crippen LogP contribution in [0.15, 0.2) is 20.3 Å². The molecule has 3 N–H and O–H groups in total. The molecule has 0 saturated carbocycles. The Morgan fingerprint density at radius 1 is 1.59 bits per heavy atom. The molecule has 0 amide bonds. The second-order valence-electron chi connectivity index (χ2n) is 3.73. The van der Waals surface area contributed by atoms with Gasteiger partial charge in [-0.2, -0.15) is 0 Å². The highest BCUT2D eigenvalue weighted by molar-refractivity contribution is 9.10. The predicted octanol–water partition coefficient (Wildman–Crippen LogP) is -1.06. The van der Waals surface area contributed by atoms with Crippen molar-refractivity contribution in [1.29, 1.82) is 0 Å². The number of nitrogens with zero attached hydrogens (tertiary/aromatic N) is 1. The van der Waals surface area contributed by atoms with Crippen molar-refractivity contribution in [2.75, 3.05) is 6.61 Å². The Kier molecular flexibility index (Phi) is 3.48. The summed E-state index contributed by atoms with van der Waals surface area (Å²) in [6.07, 6.45) is -1.20. The van der Waals surface area contributed by atoms with Crippen molar-refractivity contribution < 1.29 is 14.9 Å². The summed E-state index contributed by atoms with van der Waals surface area (Å²) in [7, 11) is 0. The summed E-state index contributed by atoms with van der Waals surface area (Å²) in [4.78, 5) is 25.7. The summed E-state index contributed by atoms with van der Waals surface area (Å²) >= 11 is 3.00. The van der Waals surface area contributed by atoms with Crippen LogP contribution in [0.1, 0.15) is 12.6 Å². The highest BCUT2D eigenvalue weighted by Crippen LogP contribution is 2.26. The molecule has 1 saturated heterocycles. The molecule has 1 unspecified atom stereocenters. The van der Waals surface area contributed by atoms with E-state index in [-0.39, 0.29) is 17.5 Å². The highest BCUT2D eigenvalue weighted by Gasteiger charge is 2.35. The van der Waals surface area contributed by atoms with Crippen LogP contribution in [-0.2, 0) is 4.74 Å². The van der Waals surface area contributed by atoms with Gasteiger partial charge in [0.2, 0.25) is 0 Å². The summed E-state index contributed by atoms with van der Waals surface area (Å²) < 4.78 is 6.32. The van der Waals surface area contributed by atoms with Gasteiger partial charge < -0.3 is 19.9 Å². The van der Waals surface area contributed by atoms with Crippen LogP contribution in [-0.4, -0.2) is 38.6 Å². The van der Waals surface area contributed by atoms with E-state index in [1.807, 2.05) is 0 Å². The molecule has 94 valence electrons. The van der Waals surface area contributed by atoms with Gasteiger partial charge in [0, 0.05) is 12.6 Å². The maximum Gasteiger partial charge on any atom is 0.330 e. The first kappa shape index (κ1) is 12.5. The van der Waals surface area contributed by atoms with E-state index < -0.39 is 29.7 Å². The fraction of sp³-hybridized carbons (Fsp3) is 0.556. The third-order valence-corrected chi connectivity index (χ3v) is 3.20. The zero-order valence-electron chi connectivity index (χ0n) is 8.67. The molecular formula is C9H11BrN2O5. The summed E-state index contributed by atoms with van der Waals surface area (Å²) in [5.41, 5.74) is -1.15. The standard InChI is InChI=1S/C9H11BrN2O5/c10-4-2-11-9(16)12(8(4)15)7-1-5(14)6(3-13)17-7/h2,5-7,13-14H,1,3H2,(H,11,16)/t5?,6-,7-/m1/s1. The maximum absolute atomic E-state index is 11.8. The van der Waals surface area contributed by atoms with Gasteiger partial charge in [0.15, 0.2) is 0 Å². The molecule has 17 heavy (non-hydrogen) atoms. The van der Waals surface area contributed by atoms with E-state index in [1.165, 1.54) is 6.20 Å². The average Bonchev–Trinajstić information content (AvgIpc) is 2.65. The monoisotopic (exact) mass is 306 g/mol. The van der Waals surface area contributed by atoms with Crippen molar-refractivity contribution in [2.45, 2.75) is 24.9 Å². The van der Waals surface area contributed by atoms with Crippen molar-refractivity contribution in [2.24, 2.45) is 0 Å². The first-order valence-electron chi connectivity index (χ1n) is 4.98. The number of hydrogen-bond acceptors (Lipinski definition) is 5. The third-order valence-electron chi connectivity index (χ3n) is 2.64. The molecule has 0 aliphatic carbocycles. The van der Waals surface area contributed by atoms with Crippen LogP contribution in [0.5, 0.6) is 0 Å². The van der Waals surface area contributed by atoms with E-state index in [4.69, 9.17) is 9.84 Å². The molecule has 8 heteroatoms. The predicted molar refractivity (Wildman–Crippen MR) is 60.6 cm³/mol. The van der Waals surface area contributed by atoms with E-state index in [9.17, 15) is 14.7 Å². The molecule has 1 aliphatic heterocycles. The first-order valence-corrected chi connectivity index (χ1v) is 5.78. The summed E-state index contributed by atoms with van der Waals surface area (Å²) in [5.74, 6) is 0. The number of nitrogens with one attached hydrogen (secondary N) is 1. The largest absolute Gasteiger partial charge is 0.394 e. The van der Waals surface area contributed by atoms with Gasteiger partial charge >= 0.3 is 5.69 Å². The lowest BCUT2D eigenvalue weighted by Crippen LogP contribution is -2.38. The van der Waals surface area contributed by atoms with E-state index in [2.05, 4.69) is 20.9 Å². The number of aliphatic hydroxyl groups is 2. The number of rotatable bonds is 2. The summed E-state index contributed by atoms with van der Waals surface area (Å²) in [6, 6.07) is 0. The molecule has 1 fully saturated rings. The lowest BCUT2D eigenvalue weighted by atomic mass is 10.2. The lowest BCUT2D eigenvalue weighted by Gasteiger charge is -2.13. The zero-order valence-corrected chi connectivity index (χ0v) is 10.3. The molecule has 3 atom stereocenters. The third kappa shape index (κ3) is 2.21. The van der Waals surface area contributed by atoms with Crippen molar-refractivity contribution in [3.63, 3.8) is 0 Å². The minimum absolute atomic E-state index is 0.0880. The number of aromatic amines is 1. The van der Waals surface area contributed by atoms with Crippen LogP contribution in [0.3, 0.4) is 0 Å². The Morgan fingerprint density at radius 3 is 2.88 bits per heavy atom. The second-order valence-corrected chi connectivity index (χ2v) is 4.59. The average molecular weight is 307 g/mol. The Morgan fingerprint density at radius 2 is 2.29 bits per heavy atom. The smallest absolute Gasteiger partial charge is 0.330 e. The van der Waals surface area contributed by atoms with Crippen LogP contribution in [0.4, 0.5) is 0 Å². The van der Waals surface area contributed by atoms with E-state index in [1.54, 1.807) is 0 Å². The van der Waals surface area contributed by atoms with Crippen molar-refractivity contribution >= 4 is 15.9 Å². The fourth-order valence-electron chi connectivity index (χ4n) is 1.76. The van der Waals surface area contributed by atoms with Crippen molar-refractivity contribution in [3.8, 4) is 0 Å². The SMILES string of the molecule is O=c1[nH]cc(Br)c(=O)n1[C@H]1CC(O)[C@@H](CO)O1. The van der Waals surface area contributed by atoms with Gasteiger partial charge in [-0.3, -0.25) is 4.79 Å². The van der Waals surface area contributed by atoms with Crippen LogP contribution < -0.4 is 11.2 Å². The topological polar surface area (TPSA) is 105 Å². The highest BCUT2D eigenvalue weighted by atomic mass is 79.9. The molecule has 1 aliphatic rings. The molecule has 1 aromatic rings. The molecule has 0 radical (unpaired) electrons. The Balaban J connectivity index is 2.40. The molecule has 2 heterocycles. The van der Waals surface area contributed by atoms with Crippen LogP contribution in [0.25, 0.3) is 0 Å². The number of ether oxygens (including phenoxy) is 1. The molecule has 7 nitrogen and oxygen atoms in total. The Labute approximate surface area is 104 Å². The van der Waals surface area contributed by atoms with Crippen LogP contribution >= 0.6 is 15.9 Å². The summed E-state index contributed by atoms with van der Waals surface area (Å²) in [6.45, 7) is -0.363. The van der Waals surface area contributed by atoms with Crippen molar-refractivity contribution in [3.05, 3.63) is 31.5 Å². The molecule has 0 bridgehead atoms. The number of aliphatic hydroxyl groups excluding tert-OH is 2. The van der Waals surface area contributed by atoms with Gasteiger partial charge in [-0.1, -0.05) is 0 Å². The van der Waals surface area contributed by atoms with Gasteiger partial charge in [0.05, 0.1) is 17.2 Å². The van der Waals surface area contributed by atoms with Crippen molar-refractivity contribution in [1.82, 2.24) is 9.55 Å². The van der Waals surface area contributed by atoms with Crippen LogP contribution in [0.2, 0.25) is 0 Å². The Hall–Kier alpha value is -0.960. The quantitative estimate of drug-likeness (QED) is 0.646. The van der Waals surface area contributed by atoms with Gasteiger partial charge in [-0.05, 0) is 15.9 Å². The Bertz CT molecular complexity index is 525. The normalized spacial score (nSPS) is 28.5. The first-order chi connectivity index (χ1) is 8.04. The van der Waals surface area contributed by atoms with Crippen LogP contribution in [0, 0.1) is 0 Å². The van der Waals surface area contributed by atoms with Gasteiger partial charge in [-0.25, -0.2) is 9.36 Å². The van der Waals surface area contributed by atoms with Gasteiger partial charge in [0.1, 0.15) is 12.3 Å². The van der Waals surface area contributed by atoms with E-state index in [0.29, 0.717) is 0 Å². The number of H-pyrrole nitrogens is 1. The minimum atomic E-state index is -0.893. The number of aromatic nitrogens is 2. The fourth-order valence-corrected chi connectivity index (χ4v) is 2.07. The second kappa shape index (κ2) is 4.73. The molecule has 1 aromatic heterocycles. The molecular weight excluding hydrogens is 296 g/mol. The summed E-state index contributed by atoms with van der Waals surface area (Å²) in [5, 5.41) is 18.5. The van der Waals surface area contributed by atoms with Gasteiger partial charge in [0.25, 0.3) is 5.56 Å². The van der Waals surface area contributed by atoms with Gasteiger partial charge in [-0.15, -0.1) is 0 Å². The molecule has 0 aromatic carbocycles. The van der Waals surface area contributed by atoms with E-state index in [0.717, 1.165) is 4.57 Å².